The van der Waals surface area contributed by atoms with Gasteiger partial charge in [0.25, 0.3) is 0 Å². The van der Waals surface area contributed by atoms with Gasteiger partial charge in [0.15, 0.2) is 5.96 Å². The SMILES string of the molecule is CCNC(=NCC1CCN(CCOC)CC1)N1CCOC(c2ccccc2C)C1. The van der Waals surface area contributed by atoms with Gasteiger partial charge in [-0.05, 0) is 56.8 Å². The Balaban J connectivity index is 1.57. The van der Waals surface area contributed by atoms with Gasteiger partial charge in [-0.2, -0.15) is 0 Å². The predicted octanol–water partition coefficient (Wildman–Crippen LogP) is 2.69. The lowest BCUT2D eigenvalue weighted by Crippen LogP contribution is -2.48. The quantitative estimate of drug-likeness (QED) is 0.561. The molecule has 0 saturated carbocycles. The summed E-state index contributed by atoms with van der Waals surface area (Å²) in [6, 6.07) is 8.54. The molecule has 2 aliphatic heterocycles. The summed E-state index contributed by atoms with van der Waals surface area (Å²) in [5.74, 6) is 1.71. The number of aryl methyl sites for hydroxylation is 1. The van der Waals surface area contributed by atoms with Crippen LogP contribution in [0.15, 0.2) is 29.3 Å². The highest BCUT2D eigenvalue weighted by Crippen LogP contribution is 2.25. The first-order valence-electron chi connectivity index (χ1n) is 11.1. The van der Waals surface area contributed by atoms with Crippen LogP contribution in [0.25, 0.3) is 0 Å². The van der Waals surface area contributed by atoms with Crippen molar-refractivity contribution in [2.75, 3.05) is 66.1 Å². The van der Waals surface area contributed by atoms with Crippen molar-refractivity contribution in [2.24, 2.45) is 10.9 Å². The van der Waals surface area contributed by atoms with Crippen molar-refractivity contribution in [2.45, 2.75) is 32.8 Å². The molecule has 162 valence electrons. The molecule has 0 amide bonds. The molecule has 6 nitrogen and oxygen atoms in total. The first-order valence-corrected chi connectivity index (χ1v) is 11.1. The minimum atomic E-state index is 0.109. The first kappa shape index (κ1) is 22.1. The smallest absolute Gasteiger partial charge is 0.194 e. The highest BCUT2D eigenvalue weighted by atomic mass is 16.5. The van der Waals surface area contributed by atoms with Gasteiger partial charge in [-0.25, -0.2) is 0 Å². The van der Waals surface area contributed by atoms with Crippen molar-refractivity contribution in [1.82, 2.24) is 15.1 Å². The summed E-state index contributed by atoms with van der Waals surface area (Å²) in [5, 5.41) is 3.51. The summed E-state index contributed by atoms with van der Waals surface area (Å²) >= 11 is 0. The highest BCUT2D eigenvalue weighted by Gasteiger charge is 2.25. The lowest BCUT2D eigenvalue weighted by Gasteiger charge is -2.36. The number of methoxy groups -OCH3 is 1. The Morgan fingerprint density at radius 3 is 2.76 bits per heavy atom. The van der Waals surface area contributed by atoms with Crippen LogP contribution in [0.3, 0.4) is 0 Å². The van der Waals surface area contributed by atoms with Crippen LogP contribution in [0.2, 0.25) is 0 Å². The minimum Gasteiger partial charge on any atom is -0.383 e. The molecule has 1 unspecified atom stereocenters. The normalized spacial score (nSPS) is 22.1. The average Bonchev–Trinajstić information content (AvgIpc) is 2.76. The number of hydrogen-bond donors (Lipinski definition) is 1. The third-order valence-corrected chi connectivity index (χ3v) is 6.05. The van der Waals surface area contributed by atoms with Crippen LogP contribution in [0, 0.1) is 12.8 Å². The second-order valence-electron chi connectivity index (χ2n) is 8.13. The molecule has 2 fully saturated rings. The molecule has 1 aromatic carbocycles. The van der Waals surface area contributed by atoms with Gasteiger partial charge in [0.2, 0.25) is 0 Å². The Hall–Kier alpha value is -1.63. The third-order valence-electron chi connectivity index (χ3n) is 6.05. The van der Waals surface area contributed by atoms with Crippen LogP contribution in [0.1, 0.15) is 37.0 Å². The molecule has 0 radical (unpaired) electrons. The van der Waals surface area contributed by atoms with E-state index in [2.05, 4.69) is 53.2 Å². The number of ether oxygens (including phenoxy) is 2. The zero-order valence-electron chi connectivity index (χ0n) is 18.4. The van der Waals surface area contributed by atoms with E-state index in [4.69, 9.17) is 14.5 Å². The fourth-order valence-electron chi connectivity index (χ4n) is 4.23. The van der Waals surface area contributed by atoms with Crippen LogP contribution in [-0.4, -0.2) is 81.9 Å². The molecule has 6 heteroatoms. The third kappa shape index (κ3) is 6.43. The molecular weight excluding hydrogens is 364 g/mol. The van der Waals surface area contributed by atoms with Crippen LogP contribution in [-0.2, 0) is 9.47 Å². The van der Waals surface area contributed by atoms with E-state index in [0.717, 1.165) is 65.0 Å². The molecule has 0 bridgehead atoms. The number of rotatable bonds is 7. The van der Waals surface area contributed by atoms with Gasteiger partial charge in [-0.1, -0.05) is 24.3 Å². The summed E-state index contributed by atoms with van der Waals surface area (Å²) in [4.78, 5) is 9.91. The molecule has 0 spiro atoms. The molecule has 0 aromatic heterocycles. The molecule has 0 aliphatic carbocycles. The number of morpholine rings is 1. The monoisotopic (exact) mass is 402 g/mol. The topological polar surface area (TPSA) is 49.3 Å². The number of nitrogens with one attached hydrogen (secondary N) is 1. The van der Waals surface area contributed by atoms with Gasteiger partial charge in [0.05, 0.1) is 19.8 Å². The number of likely N-dealkylation sites (tertiary alicyclic amines) is 1. The molecule has 1 aromatic rings. The van der Waals surface area contributed by atoms with Crippen LogP contribution < -0.4 is 5.32 Å². The van der Waals surface area contributed by atoms with Crippen molar-refractivity contribution >= 4 is 5.96 Å². The predicted molar refractivity (Wildman–Crippen MR) is 118 cm³/mol. The summed E-state index contributed by atoms with van der Waals surface area (Å²) in [7, 11) is 1.78. The minimum absolute atomic E-state index is 0.109. The molecule has 3 rings (SSSR count). The molecule has 2 saturated heterocycles. The van der Waals surface area contributed by atoms with Crippen LogP contribution in [0.4, 0.5) is 0 Å². The van der Waals surface area contributed by atoms with Gasteiger partial charge in [0.1, 0.15) is 6.10 Å². The van der Waals surface area contributed by atoms with Gasteiger partial charge >= 0.3 is 0 Å². The van der Waals surface area contributed by atoms with Gasteiger partial charge < -0.3 is 24.6 Å². The van der Waals surface area contributed by atoms with Crippen molar-refractivity contribution < 1.29 is 9.47 Å². The van der Waals surface area contributed by atoms with E-state index in [1.165, 1.54) is 24.0 Å². The maximum absolute atomic E-state index is 6.10. The molecule has 1 N–H and O–H groups in total. The van der Waals surface area contributed by atoms with Crippen LogP contribution >= 0.6 is 0 Å². The lowest BCUT2D eigenvalue weighted by atomic mass is 9.97. The van der Waals surface area contributed by atoms with Crippen molar-refractivity contribution in [3.8, 4) is 0 Å². The van der Waals surface area contributed by atoms with Crippen molar-refractivity contribution in [1.29, 1.82) is 0 Å². The Bertz CT molecular complexity index is 644. The molecule has 2 aliphatic rings. The summed E-state index contributed by atoms with van der Waals surface area (Å²) < 4.78 is 11.3. The van der Waals surface area contributed by atoms with E-state index >= 15 is 0 Å². The van der Waals surface area contributed by atoms with Crippen molar-refractivity contribution in [3.05, 3.63) is 35.4 Å². The standard InChI is InChI=1S/C23H38N4O2/c1-4-24-23(25-17-20-9-11-26(12-10-20)13-15-28-3)27-14-16-29-22(18-27)21-8-6-5-7-19(21)2/h5-8,20,22H,4,9-18H2,1-3H3,(H,24,25). The zero-order chi connectivity index (χ0) is 20.5. The lowest BCUT2D eigenvalue weighted by molar-refractivity contribution is -0.00837. The van der Waals surface area contributed by atoms with E-state index in [0.29, 0.717) is 5.92 Å². The van der Waals surface area contributed by atoms with E-state index in [-0.39, 0.29) is 6.10 Å². The highest BCUT2D eigenvalue weighted by molar-refractivity contribution is 5.80. The average molecular weight is 403 g/mol. The number of hydrogen-bond acceptors (Lipinski definition) is 4. The first-order chi connectivity index (χ1) is 14.2. The second kappa shape index (κ2) is 11.5. The fourth-order valence-corrected chi connectivity index (χ4v) is 4.23. The molecule has 1 atom stereocenters. The molecule has 2 heterocycles. The van der Waals surface area contributed by atoms with E-state index in [9.17, 15) is 0 Å². The van der Waals surface area contributed by atoms with Gasteiger partial charge in [0, 0.05) is 33.3 Å². The second-order valence-corrected chi connectivity index (χ2v) is 8.13. The Labute approximate surface area is 176 Å². The Kier molecular flexibility index (Phi) is 8.77. The van der Waals surface area contributed by atoms with Crippen molar-refractivity contribution in [3.63, 3.8) is 0 Å². The molecule has 29 heavy (non-hydrogen) atoms. The molecular formula is C23H38N4O2. The number of nitrogens with zero attached hydrogens (tertiary/aromatic N) is 3. The number of piperidine rings is 1. The maximum atomic E-state index is 6.10. The van der Waals surface area contributed by atoms with E-state index in [1.54, 1.807) is 7.11 Å². The Morgan fingerprint density at radius 1 is 1.24 bits per heavy atom. The number of aliphatic imine (C=N–C) groups is 1. The summed E-state index contributed by atoms with van der Waals surface area (Å²) in [6.45, 7) is 12.8. The Morgan fingerprint density at radius 2 is 2.03 bits per heavy atom. The van der Waals surface area contributed by atoms with E-state index < -0.39 is 0 Å². The zero-order valence-corrected chi connectivity index (χ0v) is 18.4. The number of guanidine groups is 1. The van der Waals surface area contributed by atoms with Gasteiger partial charge in [-0.3, -0.25) is 4.99 Å². The largest absolute Gasteiger partial charge is 0.383 e. The maximum Gasteiger partial charge on any atom is 0.194 e. The summed E-state index contributed by atoms with van der Waals surface area (Å²) in [6.07, 6.45) is 2.56. The van der Waals surface area contributed by atoms with E-state index in [1.807, 2.05) is 0 Å². The van der Waals surface area contributed by atoms with Gasteiger partial charge in [-0.15, -0.1) is 0 Å². The summed E-state index contributed by atoms with van der Waals surface area (Å²) in [5.41, 5.74) is 2.58. The number of benzene rings is 1. The fraction of sp³-hybridized carbons (Fsp3) is 0.696. The van der Waals surface area contributed by atoms with Crippen LogP contribution in [0.5, 0.6) is 0 Å².